The van der Waals surface area contributed by atoms with Crippen LogP contribution in [0.4, 0.5) is 21.5 Å². The second kappa shape index (κ2) is 5.60. The highest BCUT2D eigenvalue weighted by molar-refractivity contribution is 7.92. The standard InChI is InChI=1S/C13H12FN3O4S/c1-8-2-4-10(7-11(8)14)22(20,21)16-9-3-5-12(15)13(6-9)17(18)19/h2-7,16H,15H2,1H3. The molecule has 0 saturated heterocycles. The van der Waals surface area contributed by atoms with Gasteiger partial charge in [0, 0.05) is 6.07 Å². The lowest BCUT2D eigenvalue weighted by Gasteiger charge is -2.09. The van der Waals surface area contributed by atoms with Crippen molar-refractivity contribution in [3.63, 3.8) is 0 Å². The number of benzene rings is 2. The fraction of sp³-hybridized carbons (Fsp3) is 0.0769. The van der Waals surface area contributed by atoms with Crippen molar-refractivity contribution in [2.75, 3.05) is 10.5 Å². The van der Waals surface area contributed by atoms with Crippen LogP contribution in [0.15, 0.2) is 41.3 Å². The van der Waals surface area contributed by atoms with Gasteiger partial charge in [0.15, 0.2) is 0 Å². The van der Waals surface area contributed by atoms with E-state index in [0.717, 1.165) is 12.1 Å². The number of nitro benzene ring substituents is 1. The second-order valence-electron chi connectivity index (χ2n) is 4.55. The van der Waals surface area contributed by atoms with Crippen LogP contribution >= 0.6 is 0 Å². The Morgan fingerprint density at radius 3 is 2.50 bits per heavy atom. The van der Waals surface area contributed by atoms with Crippen LogP contribution in [0.1, 0.15) is 5.56 Å². The van der Waals surface area contributed by atoms with E-state index in [0.29, 0.717) is 5.56 Å². The van der Waals surface area contributed by atoms with Gasteiger partial charge in [-0.3, -0.25) is 14.8 Å². The van der Waals surface area contributed by atoms with E-state index in [4.69, 9.17) is 5.73 Å². The van der Waals surface area contributed by atoms with Crippen molar-refractivity contribution < 1.29 is 17.7 Å². The summed E-state index contributed by atoms with van der Waals surface area (Å²) in [6.07, 6.45) is 0. The van der Waals surface area contributed by atoms with Crippen molar-refractivity contribution in [1.29, 1.82) is 0 Å². The van der Waals surface area contributed by atoms with Gasteiger partial charge in [-0.05, 0) is 36.8 Å². The van der Waals surface area contributed by atoms with Gasteiger partial charge in [-0.1, -0.05) is 6.07 Å². The molecular weight excluding hydrogens is 313 g/mol. The normalized spacial score (nSPS) is 11.2. The summed E-state index contributed by atoms with van der Waals surface area (Å²) in [7, 11) is -4.06. The molecule has 22 heavy (non-hydrogen) atoms. The van der Waals surface area contributed by atoms with Gasteiger partial charge in [0.25, 0.3) is 15.7 Å². The topological polar surface area (TPSA) is 115 Å². The molecule has 2 rings (SSSR count). The van der Waals surface area contributed by atoms with Crippen molar-refractivity contribution in [3.8, 4) is 0 Å². The van der Waals surface area contributed by atoms with Crippen molar-refractivity contribution in [2.45, 2.75) is 11.8 Å². The molecule has 9 heteroatoms. The molecule has 0 fully saturated rings. The Morgan fingerprint density at radius 2 is 1.91 bits per heavy atom. The zero-order valence-corrected chi connectivity index (χ0v) is 12.2. The van der Waals surface area contributed by atoms with Crippen molar-refractivity contribution >= 4 is 27.1 Å². The van der Waals surface area contributed by atoms with E-state index in [9.17, 15) is 22.9 Å². The van der Waals surface area contributed by atoms with E-state index in [1.807, 2.05) is 0 Å². The summed E-state index contributed by atoms with van der Waals surface area (Å²) in [5.74, 6) is -0.661. The first-order valence-corrected chi connectivity index (χ1v) is 7.52. The molecule has 0 amide bonds. The number of hydrogen-bond donors (Lipinski definition) is 2. The second-order valence-corrected chi connectivity index (χ2v) is 6.23. The highest BCUT2D eigenvalue weighted by atomic mass is 32.2. The maximum Gasteiger partial charge on any atom is 0.294 e. The summed E-state index contributed by atoms with van der Waals surface area (Å²) in [6, 6.07) is 6.94. The minimum absolute atomic E-state index is 0.0399. The zero-order chi connectivity index (χ0) is 16.5. The highest BCUT2D eigenvalue weighted by Crippen LogP contribution is 2.26. The quantitative estimate of drug-likeness (QED) is 0.509. The number of halogens is 1. The molecule has 0 heterocycles. The average Bonchev–Trinajstić information content (AvgIpc) is 2.43. The molecule has 7 nitrogen and oxygen atoms in total. The van der Waals surface area contributed by atoms with Crippen LogP contribution < -0.4 is 10.5 Å². The predicted molar refractivity (Wildman–Crippen MR) is 79.5 cm³/mol. The van der Waals surface area contributed by atoms with E-state index >= 15 is 0 Å². The van der Waals surface area contributed by atoms with Crippen LogP contribution in [0.3, 0.4) is 0 Å². The van der Waals surface area contributed by atoms with Gasteiger partial charge in [-0.25, -0.2) is 12.8 Å². The molecule has 0 unspecified atom stereocenters. The van der Waals surface area contributed by atoms with E-state index in [-0.39, 0.29) is 16.3 Å². The number of sulfonamides is 1. The van der Waals surface area contributed by atoms with Crippen LogP contribution in [0.2, 0.25) is 0 Å². The Kier molecular flexibility index (Phi) is 4.00. The van der Waals surface area contributed by atoms with E-state index in [1.165, 1.54) is 31.2 Å². The number of nitrogen functional groups attached to an aromatic ring is 1. The minimum Gasteiger partial charge on any atom is -0.393 e. The Balaban J connectivity index is 2.38. The molecular formula is C13H12FN3O4S. The van der Waals surface area contributed by atoms with E-state index < -0.39 is 26.5 Å². The molecule has 0 aliphatic heterocycles. The van der Waals surface area contributed by atoms with Crippen molar-refractivity contribution in [3.05, 3.63) is 57.9 Å². The summed E-state index contributed by atoms with van der Waals surface area (Å²) in [4.78, 5) is 9.78. The van der Waals surface area contributed by atoms with Crippen LogP contribution in [0.25, 0.3) is 0 Å². The van der Waals surface area contributed by atoms with Gasteiger partial charge >= 0.3 is 0 Å². The predicted octanol–water partition coefficient (Wildman–Crippen LogP) is 2.43. The molecule has 0 saturated carbocycles. The van der Waals surface area contributed by atoms with E-state index in [2.05, 4.69) is 4.72 Å². The maximum atomic E-state index is 13.5. The van der Waals surface area contributed by atoms with E-state index in [1.54, 1.807) is 0 Å². The van der Waals surface area contributed by atoms with Gasteiger partial charge in [0.1, 0.15) is 11.5 Å². The first-order chi connectivity index (χ1) is 10.2. The SMILES string of the molecule is Cc1ccc(S(=O)(=O)Nc2ccc(N)c([N+](=O)[O-])c2)cc1F. The van der Waals surface area contributed by atoms with Gasteiger partial charge < -0.3 is 5.73 Å². The summed E-state index contributed by atoms with van der Waals surface area (Å²) in [5, 5.41) is 10.8. The number of nitrogens with two attached hydrogens (primary N) is 1. The summed E-state index contributed by atoms with van der Waals surface area (Å²) >= 11 is 0. The lowest BCUT2D eigenvalue weighted by molar-refractivity contribution is -0.383. The van der Waals surface area contributed by atoms with Crippen LogP contribution in [0.5, 0.6) is 0 Å². The third-order valence-electron chi connectivity index (χ3n) is 2.93. The Bertz CT molecular complexity index is 852. The lowest BCUT2D eigenvalue weighted by Crippen LogP contribution is -2.13. The van der Waals surface area contributed by atoms with Crippen LogP contribution in [-0.4, -0.2) is 13.3 Å². The fourth-order valence-electron chi connectivity index (χ4n) is 1.72. The van der Waals surface area contributed by atoms with Gasteiger partial charge in [-0.2, -0.15) is 0 Å². The molecule has 0 radical (unpaired) electrons. The Labute approximate surface area is 125 Å². The van der Waals surface area contributed by atoms with Crippen LogP contribution in [0, 0.1) is 22.9 Å². The molecule has 0 aliphatic rings. The number of hydrogen-bond acceptors (Lipinski definition) is 5. The number of aryl methyl sites for hydroxylation is 1. The monoisotopic (exact) mass is 325 g/mol. The van der Waals surface area contributed by atoms with Crippen molar-refractivity contribution in [2.24, 2.45) is 0 Å². The number of nitrogens with zero attached hydrogens (tertiary/aromatic N) is 1. The molecule has 2 aromatic rings. The number of anilines is 2. The number of nitrogens with one attached hydrogen (secondary N) is 1. The first-order valence-electron chi connectivity index (χ1n) is 6.03. The summed E-state index contributed by atoms with van der Waals surface area (Å²) in [5.41, 5.74) is 5.19. The smallest absolute Gasteiger partial charge is 0.294 e. The lowest BCUT2D eigenvalue weighted by atomic mass is 10.2. The number of rotatable bonds is 4. The third-order valence-corrected chi connectivity index (χ3v) is 4.31. The Morgan fingerprint density at radius 1 is 1.23 bits per heavy atom. The molecule has 0 spiro atoms. The zero-order valence-electron chi connectivity index (χ0n) is 11.4. The fourth-order valence-corrected chi connectivity index (χ4v) is 2.78. The van der Waals surface area contributed by atoms with Gasteiger partial charge in [-0.15, -0.1) is 0 Å². The first kappa shape index (κ1) is 15.7. The summed E-state index contributed by atoms with van der Waals surface area (Å²) < 4.78 is 39.9. The third kappa shape index (κ3) is 3.14. The molecule has 116 valence electrons. The molecule has 3 N–H and O–H groups in total. The number of nitro groups is 1. The molecule has 0 aromatic heterocycles. The minimum atomic E-state index is -4.06. The molecule has 0 atom stereocenters. The van der Waals surface area contributed by atoms with Gasteiger partial charge in [0.2, 0.25) is 0 Å². The van der Waals surface area contributed by atoms with Crippen molar-refractivity contribution in [1.82, 2.24) is 0 Å². The Hall–Kier alpha value is -2.68. The maximum absolute atomic E-state index is 13.5. The largest absolute Gasteiger partial charge is 0.393 e. The molecule has 0 bridgehead atoms. The highest BCUT2D eigenvalue weighted by Gasteiger charge is 2.18. The average molecular weight is 325 g/mol. The molecule has 0 aliphatic carbocycles. The van der Waals surface area contributed by atoms with Gasteiger partial charge in [0.05, 0.1) is 15.5 Å². The van der Waals surface area contributed by atoms with Crippen LogP contribution in [-0.2, 0) is 10.0 Å². The summed E-state index contributed by atoms with van der Waals surface area (Å²) in [6.45, 7) is 1.50. The molecule has 2 aromatic carbocycles.